The number of hydrogen-bond donors (Lipinski definition) is 3. The van der Waals surface area contributed by atoms with Gasteiger partial charge in [0.2, 0.25) is 0 Å². The fraction of sp³-hybridized carbons (Fsp3) is 0.500. The van der Waals surface area contributed by atoms with Gasteiger partial charge >= 0.3 is 0 Å². The highest BCUT2D eigenvalue weighted by molar-refractivity contribution is 6.30. The van der Waals surface area contributed by atoms with Gasteiger partial charge in [0.25, 0.3) is 0 Å². The molecule has 0 atom stereocenters. The van der Waals surface area contributed by atoms with Gasteiger partial charge in [-0.3, -0.25) is 0 Å². The molecule has 0 amide bonds. The maximum absolute atomic E-state index is 9.57. The second kappa shape index (κ2) is 5.53. The van der Waals surface area contributed by atoms with Gasteiger partial charge in [0, 0.05) is 35.7 Å². The maximum Gasteiger partial charge on any atom is 0.120 e. The predicted octanol–water partition coefficient (Wildman–Crippen LogP) is 2.15. The van der Waals surface area contributed by atoms with Crippen molar-refractivity contribution >= 4 is 11.6 Å². The van der Waals surface area contributed by atoms with Crippen molar-refractivity contribution in [1.82, 2.24) is 5.32 Å². The molecule has 0 aliphatic carbocycles. The van der Waals surface area contributed by atoms with E-state index in [0.29, 0.717) is 18.1 Å². The van der Waals surface area contributed by atoms with Gasteiger partial charge in [0.05, 0.1) is 0 Å². The molecular weight excluding hydrogens is 226 g/mol. The van der Waals surface area contributed by atoms with Gasteiger partial charge in [-0.05, 0) is 18.2 Å². The van der Waals surface area contributed by atoms with Crippen LogP contribution >= 0.6 is 11.6 Å². The highest BCUT2D eigenvalue weighted by atomic mass is 35.5. The Hall–Kier alpha value is -0.770. The molecule has 0 aliphatic rings. The molecule has 0 fully saturated rings. The summed E-state index contributed by atoms with van der Waals surface area (Å²) >= 11 is 5.83. The zero-order valence-corrected chi connectivity index (χ0v) is 10.4. The minimum atomic E-state index is -0.159. The Morgan fingerprint density at radius 1 is 1.38 bits per heavy atom. The van der Waals surface area contributed by atoms with Gasteiger partial charge in [-0.25, -0.2) is 0 Å². The average molecular weight is 244 g/mol. The Bertz CT molecular complexity index is 353. The summed E-state index contributed by atoms with van der Waals surface area (Å²) in [5, 5.41) is 22.4. The lowest BCUT2D eigenvalue weighted by atomic mass is 9.95. The highest BCUT2D eigenvalue weighted by Gasteiger charge is 2.15. The van der Waals surface area contributed by atoms with Crippen molar-refractivity contribution in [2.45, 2.75) is 20.4 Å². The summed E-state index contributed by atoms with van der Waals surface area (Å²) in [4.78, 5) is 0. The van der Waals surface area contributed by atoms with Crippen molar-refractivity contribution in [1.29, 1.82) is 0 Å². The van der Waals surface area contributed by atoms with Crippen LogP contribution in [0.1, 0.15) is 19.4 Å². The molecule has 90 valence electrons. The first-order chi connectivity index (χ1) is 7.44. The first kappa shape index (κ1) is 13.3. The van der Waals surface area contributed by atoms with E-state index in [4.69, 9.17) is 16.7 Å². The third-order valence-corrected chi connectivity index (χ3v) is 2.62. The third kappa shape index (κ3) is 4.00. The van der Waals surface area contributed by atoms with E-state index >= 15 is 0 Å². The van der Waals surface area contributed by atoms with Gasteiger partial charge in [0.1, 0.15) is 5.75 Å². The van der Waals surface area contributed by atoms with Crippen molar-refractivity contribution < 1.29 is 10.2 Å². The van der Waals surface area contributed by atoms with E-state index in [1.165, 1.54) is 0 Å². The van der Waals surface area contributed by atoms with E-state index in [9.17, 15) is 5.11 Å². The predicted molar refractivity (Wildman–Crippen MR) is 65.7 cm³/mol. The van der Waals surface area contributed by atoms with Crippen molar-refractivity contribution in [2.75, 3.05) is 13.2 Å². The second-order valence-corrected chi connectivity index (χ2v) is 5.14. The fourth-order valence-corrected chi connectivity index (χ4v) is 1.48. The summed E-state index contributed by atoms with van der Waals surface area (Å²) in [5.41, 5.74) is 0.606. The van der Waals surface area contributed by atoms with Crippen LogP contribution in [0.15, 0.2) is 18.2 Å². The van der Waals surface area contributed by atoms with E-state index in [2.05, 4.69) is 5.32 Å². The first-order valence-electron chi connectivity index (χ1n) is 5.23. The summed E-state index contributed by atoms with van der Waals surface area (Å²) in [6.45, 7) is 5.28. The first-order valence-corrected chi connectivity index (χ1v) is 5.61. The van der Waals surface area contributed by atoms with Gasteiger partial charge in [-0.1, -0.05) is 25.4 Å². The molecule has 1 aromatic carbocycles. The van der Waals surface area contributed by atoms with Crippen molar-refractivity contribution in [3.63, 3.8) is 0 Å². The summed E-state index contributed by atoms with van der Waals surface area (Å²) in [7, 11) is 0. The smallest absolute Gasteiger partial charge is 0.120 e. The number of aliphatic hydroxyl groups excluding tert-OH is 1. The molecule has 0 unspecified atom stereocenters. The number of phenolic OH excluding ortho intramolecular Hbond substituents is 1. The average Bonchev–Trinajstić information content (AvgIpc) is 2.23. The standard InChI is InChI=1S/C12H18ClNO2/c1-12(2,8-15)7-14-6-9-5-10(13)3-4-11(9)16/h3-5,14-16H,6-8H2,1-2H3. The Labute approximate surface area is 101 Å². The Balaban J connectivity index is 2.52. The summed E-state index contributed by atoms with van der Waals surface area (Å²) in [6, 6.07) is 4.96. The molecule has 3 nitrogen and oxygen atoms in total. The number of nitrogens with one attached hydrogen (secondary N) is 1. The molecule has 0 aliphatic heterocycles. The number of benzene rings is 1. The molecule has 0 radical (unpaired) electrons. The SMILES string of the molecule is CC(C)(CO)CNCc1cc(Cl)ccc1O. The molecule has 16 heavy (non-hydrogen) atoms. The number of phenols is 1. The van der Waals surface area contributed by atoms with Crippen LogP contribution in [-0.2, 0) is 6.54 Å². The number of rotatable bonds is 5. The Morgan fingerprint density at radius 3 is 2.69 bits per heavy atom. The van der Waals surface area contributed by atoms with E-state index < -0.39 is 0 Å². The minimum absolute atomic E-state index is 0.127. The number of aliphatic hydroxyl groups is 1. The van der Waals surface area contributed by atoms with E-state index in [-0.39, 0.29) is 17.8 Å². The molecule has 0 saturated heterocycles. The molecule has 0 saturated carbocycles. The largest absolute Gasteiger partial charge is 0.508 e. The fourth-order valence-electron chi connectivity index (χ4n) is 1.29. The lowest BCUT2D eigenvalue weighted by Gasteiger charge is -2.22. The van der Waals surface area contributed by atoms with Crippen molar-refractivity contribution in [3.8, 4) is 5.75 Å². The minimum Gasteiger partial charge on any atom is -0.508 e. The molecule has 0 bridgehead atoms. The van der Waals surface area contributed by atoms with Gasteiger partial charge in [-0.2, -0.15) is 0 Å². The monoisotopic (exact) mass is 243 g/mol. The normalized spacial score (nSPS) is 11.8. The molecule has 0 aromatic heterocycles. The maximum atomic E-state index is 9.57. The molecule has 0 heterocycles. The van der Waals surface area contributed by atoms with Gasteiger partial charge in [-0.15, -0.1) is 0 Å². The summed E-state index contributed by atoms with van der Waals surface area (Å²) < 4.78 is 0. The van der Waals surface area contributed by atoms with Crippen LogP contribution in [0, 0.1) is 5.41 Å². The Morgan fingerprint density at radius 2 is 2.06 bits per heavy atom. The van der Waals surface area contributed by atoms with Crippen LogP contribution in [0.4, 0.5) is 0 Å². The van der Waals surface area contributed by atoms with Gasteiger partial charge < -0.3 is 15.5 Å². The van der Waals surface area contributed by atoms with Crippen LogP contribution in [0.2, 0.25) is 5.02 Å². The lowest BCUT2D eigenvalue weighted by Crippen LogP contribution is -2.31. The van der Waals surface area contributed by atoms with E-state index in [1.807, 2.05) is 13.8 Å². The number of aromatic hydroxyl groups is 1. The zero-order valence-electron chi connectivity index (χ0n) is 9.63. The molecule has 0 spiro atoms. The van der Waals surface area contributed by atoms with Crippen LogP contribution in [0.3, 0.4) is 0 Å². The quantitative estimate of drug-likeness (QED) is 0.743. The van der Waals surface area contributed by atoms with Crippen molar-refractivity contribution in [2.24, 2.45) is 5.41 Å². The van der Waals surface area contributed by atoms with E-state index in [1.54, 1.807) is 18.2 Å². The molecule has 4 heteroatoms. The van der Waals surface area contributed by atoms with Gasteiger partial charge in [0.15, 0.2) is 0 Å². The lowest BCUT2D eigenvalue weighted by molar-refractivity contribution is 0.156. The molecule has 1 aromatic rings. The summed E-state index contributed by atoms with van der Waals surface area (Å²) in [6.07, 6.45) is 0. The van der Waals surface area contributed by atoms with Crippen LogP contribution in [0.25, 0.3) is 0 Å². The highest BCUT2D eigenvalue weighted by Crippen LogP contribution is 2.21. The molecule has 1 rings (SSSR count). The molecular formula is C12H18ClNO2. The van der Waals surface area contributed by atoms with Crippen molar-refractivity contribution in [3.05, 3.63) is 28.8 Å². The third-order valence-electron chi connectivity index (χ3n) is 2.39. The van der Waals surface area contributed by atoms with Crippen LogP contribution in [0.5, 0.6) is 5.75 Å². The van der Waals surface area contributed by atoms with Crippen LogP contribution in [-0.4, -0.2) is 23.4 Å². The zero-order chi connectivity index (χ0) is 12.2. The van der Waals surface area contributed by atoms with E-state index in [0.717, 1.165) is 5.56 Å². The topological polar surface area (TPSA) is 52.5 Å². The number of halogens is 1. The second-order valence-electron chi connectivity index (χ2n) is 4.70. The molecule has 3 N–H and O–H groups in total. The summed E-state index contributed by atoms with van der Waals surface area (Å²) in [5.74, 6) is 0.235. The Kier molecular flexibility index (Phi) is 4.59. The van der Waals surface area contributed by atoms with Crippen LogP contribution < -0.4 is 5.32 Å². The number of hydrogen-bond acceptors (Lipinski definition) is 3.